The first kappa shape index (κ1) is 9.08. The third kappa shape index (κ3) is 1.88. The Balaban J connectivity index is 2.25. The third-order valence-corrected chi connectivity index (χ3v) is 2.08. The van der Waals surface area contributed by atoms with Gasteiger partial charge in [-0.2, -0.15) is 9.67 Å². The lowest BCUT2D eigenvalue weighted by Crippen LogP contribution is -2.34. The van der Waals surface area contributed by atoms with E-state index in [1.165, 1.54) is 6.33 Å². The fraction of sp³-hybridized carbons (Fsp3) is 0.250. The normalized spacial score (nSPS) is 10.4. The molecule has 0 radical (unpaired) electrons. The van der Waals surface area contributed by atoms with E-state index in [1.807, 2.05) is 11.6 Å². The molecule has 0 aliphatic rings. The molecule has 0 N–H and O–H groups in total. The summed E-state index contributed by atoms with van der Waals surface area (Å²) >= 11 is 5.73. The second-order valence-electron chi connectivity index (χ2n) is 2.91. The van der Waals surface area contributed by atoms with Crippen molar-refractivity contribution in [2.45, 2.75) is 6.54 Å². The third-order valence-electron chi connectivity index (χ3n) is 1.88. The van der Waals surface area contributed by atoms with E-state index in [0.717, 1.165) is 5.69 Å². The molecule has 2 aromatic rings. The summed E-state index contributed by atoms with van der Waals surface area (Å²) in [7, 11) is 1.92. The number of hydrogen-bond donors (Lipinski definition) is 0. The van der Waals surface area contributed by atoms with Crippen LogP contribution in [-0.4, -0.2) is 19.7 Å². The summed E-state index contributed by atoms with van der Waals surface area (Å²) in [4.78, 5) is 7.87. The van der Waals surface area contributed by atoms with Crippen molar-refractivity contribution in [3.05, 3.63) is 35.9 Å². The Morgan fingerprint density at radius 2 is 2.43 bits per heavy atom. The number of aromatic nitrogens is 5. The van der Waals surface area contributed by atoms with Gasteiger partial charge < -0.3 is 0 Å². The number of halogens is 1. The molecule has 72 valence electrons. The van der Waals surface area contributed by atoms with Gasteiger partial charge >= 0.3 is 0 Å². The van der Waals surface area contributed by atoms with Gasteiger partial charge in [-0.05, 0) is 0 Å². The van der Waals surface area contributed by atoms with Crippen molar-refractivity contribution < 1.29 is 4.57 Å². The van der Waals surface area contributed by atoms with E-state index in [1.54, 1.807) is 23.4 Å². The van der Waals surface area contributed by atoms with Gasteiger partial charge in [0.2, 0.25) is 11.9 Å². The van der Waals surface area contributed by atoms with Gasteiger partial charge in [0.1, 0.15) is 26.2 Å². The highest BCUT2D eigenvalue weighted by Crippen LogP contribution is 2.00. The molecule has 5 nitrogen and oxygen atoms in total. The standard InChI is InChI=1S/C8H9ClN5/c1-13-4-8(9)11-2-7(13)3-14-6-10-5-12-14/h2,4-6H,3H2,1H3/q+1. The fourth-order valence-electron chi connectivity index (χ4n) is 1.14. The predicted octanol–water partition coefficient (Wildman–Crippen LogP) is 0.199. The summed E-state index contributed by atoms with van der Waals surface area (Å²) in [5.41, 5.74) is 1.01. The SMILES string of the molecule is C[n+]1cc(Cl)ncc1Cn1cncn1. The first-order valence-corrected chi connectivity index (χ1v) is 4.46. The Hall–Kier alpha value is -1.49. The minimum atomic E-state index is 0.481. The van der Waals surface area contributed by atoms with Crippen molar-refractivity contribution in [1.29, 1.82) is 0 Å². The molecule has 14 heavy (non-hydrogen) atoms. The molecule has 0 atom stereocenters. The zero-order valence-electron chi connectivity index (χ0n) is 7.63. The lowest BCUT2D eigenvalue weighted by Gasteiger charge is -1.98. The van der Waals surface area contributed by atoms with Gasteiger partial charge in [0, 0.05) is 0 Å². The van der Waals surface area contributed by atoms with Crippen molar-refractivity contribution in [3.63, 3.8) is 0 Å². The van der Waals surface area contributed by atoms with E-state index >= 15 is 0 Å². The van der Waals surface area contributed by atoms with Crippen LogP contribution in [0, 0.1) is 0 Å². The summed E-state index contributed by atoms with van der Waals surface area (Å²) in [5.74, 6) is 0. The maximum atomic E-state index is 5.73. The van der Waals surface area contributed by atoms with Crippen LogP contribution in [-0.2, 0) is 13.6 Å². The predicted molar refractivity (Wildman–Crippen MR) is 49.5 cm³/mol. The van der Waals surface area contributed by atoms with Crippen LogP contribution in [0.2, 0.25) is 5.15 Å². The molecule has 0 bridgehead atoms. The number of hydrogen-bond acceptors (Lipinski definition) is 3. The van der Waals surface area contributed by atoms with Crippen LogP contribution in [0.3, 0.4) is 0 Å². The fourth-order valence-corrected chi connectivity index (χ4v) is 1.33. The van der Waals surface area contributed by atoms with Crippen LogP contribution in [0.4, 0.5) is 0 Å². The molecule has 0 aliphatic carbocycles. The van der Waals surface area contributed by atoms with E-state index in [2.05, 4.69) is 15.1 Å². The lowest BCUT2D eigenvalue weighted by atomic mass is 10.4. The summed E-state index contributed by atoms with van der Waals surface area (Å²) in [6.45, 7) is 0.640. The topological polar surface area (TPSA) is 47.5 Å². The average molecular weight is 211 g/mol. The summed E-state index contributed by atoms with van der Waals surface area (Å²) in [6.07, 6.45) is 6.65. The molecule has 0 saturated heterocycles. The highest BCUT2D eigenvalue weighted by molar-refractivity contribution is 6.29. The average Bonchev–Trinajstić information content (AvgIpc) is 2.62. The Morgan fingerprint density at radius 3 is 3.07 bits per heavy atom. The first-order chi connectivity index (χ1) is 6.75. The molecule has 0 unspecified atom stereocenters. The molecule has 2 aromatic heterocycles. The Kier molecular flexibility index (Phi) is 2.41. The second kappa shape index (κ2) is 3.71. The molecule has 2 heterocycles. The molecule has 6 heteroatoms. The Labute approximate surface area is 86.0 Å². The largest absolute Gasteiger partial charge is 0.242 e. The minimum absolute atomic E-state index is 0.481. The smallest absolute Gasteiger partial charge is 0.221 e. The van der Waals surface area contributed by atoms with Crippen LogP contribution < -0.4 is 4.57 Å². The maximum Gasteiger partial charge on any atom is 0.221 e. The van der Waals surface area contributed by atoms with E-state index < -0.39 is 0 Å². The van der Waals surface area contributed by atoms with Gasteiger partial charge in [-0.15, -0.1) is 0 Å². The van der Waals surface area contributed by atoms with Crippen molar-refractivity contribution in [2.75, 3.05) is 0 Å². The quantitative estimate of drug-likeness (QED) is 0.666. The zero-order chi connectivity index (χ0) is 9.97. The van der Waals surface area contributed by atoms with Crippen LogP contribution in [0.25, 0.3) is 0 Å². The van der Waals surface area contributed by atoms with Crippen LogP contribution in [0.5, 0.6) is 0 Å². The van der Waals surface area contributed by atoms with Crippen molar-refractivity contribution in [2.24, 2.45) is 7.05 Å². The molecule has 0 fully saturated rings. The Morgan fingerprint density at radius 1 is 1.57 bits per heavy atom. The highest BCUT2D eigenvalue weighted by Gasteiger charge is 2.08. The van der Waals surface area contributed by atoms with E-state index in [4.69, 9.17) is 11.6 Å². The molecule has 0 spiro atoms. The van der Waals surface area contributed by atoms with Crippen molar-refractivity contribution >= 4 is 11.6 Å². The van der Waals surface area contributed by atoms with Gasteiger partial charge in [0.05, 0.1) is 6.20 Å². The van der Waals surface area contributed by atoms with Gasteiger partial charge in [0.15, 0.2) is 5.15 Å². The van der Waals surface area contributed by atoms with E-state index in [9.17, 15) is 0 Å². The monoisotopic (exact) mass is 210 g/mol. The van der Waals surface area contributed by atoms with E-state index in [0.29, 0.717) is 11.7 Å². The van der Waals surface area contributed by atoms with Gasteiger partial charge in [0.25, 0.3) is 0 Å². The molecular weight excluding hydrogens is 202 g/mol. The molecule has 0 aromatic carbocycles. The van der Waals surface area contributed by atoms with Gasteiger partial charge in [-0.25, -0.2) is 14.6 Å². The maximum absolute atomic E-state index is 5.73. The summed E-state index contributed by atoms with van der Waals surface area (Å²) in [6, 6.07) is 0. The molecule has 0 amide bonds. The van der Waals surface area contributed by atoms with Crippen LogP contribution in [0.15, 0.2) is 25.0 Å². The lowest BCUT2D eigenvalue weighted by molar-refractivity contribution is -0.679. The minimum Gasteiger partial charge on any atom is -0.242 e. The molecular formula is C8H9ClN5+. The molecule has 2 rings (SSSR count). The Bertz CT molecular complexity index is 425. The summed E-state index contributed by atoms with van der Waals surface area (Å²) < 4.78 is 3.64. The zero-order valence-corrected chi connectivity index (χ0v) is 8.39. The molecule has 0 aliphatic heterocycles. The number of rotatable bonds is 2. The first-order valence-electron chi connectivity index (χ1n) is 4.08. The van der Waals surface area contributed by atoms with Gasteiger partial charge in [-0.1, -0.05) is 11.6 Å². The number of nitrogens with zero attached hydrogens (tertiary/aromatic N) is 5. The molecule has 0 saturated carbocycles. The highest BCUT2D eigenvalue weighted by atomic mass is 35.5. The van der Waals surface area contributed by atoms with Crippen molar-refractivity contribution in [1.82, 2.24) is 19.7 Å². The van der Waals surface area contributed by atoms with Gasteiger partial charge in [-0.3, -0.25) is 0 Å². The van der Waals surface area contributed by atoms with E-state index in [-0.39, 0.29) is 0 Å². The number of aryl methyl sites for hydroxylation is 1. The second-order valence-corrected chi connectivity index (χ2v) is 3.29. The van der Waals surface area contributed by atoms with Crippen molar-refractivity contribution in [3.8, 4) is 0 Å². The van der Waals surface area contributed by atoms with Crippen LogP contribution >= 0.6 is 11.6 Å². The summed E-state index contributed by atoms with van der Waals surface area (Å²) in [5, 5.41) is 4.49. The van der Waals surface area contributed by atoms with Crippen LogP contribution in [0.1, 0.15) is 5.69 Å².